The van der Waals surface area contributed by atoms with Crippen molar-refractivity contribution in [3.8, 4) is 22.9 Å². The lowest BCUT2D eigenvalue weighted by Crippen LogP contribution is -2.14. The maximum atomic E-state index is 13.1. The molecule has 0 aliphatic heterocycles. The van der Waals surface area contributed by atoms with Crippen LogP contribution in [0.25, 0.3) is 11.4 Å². The number of aromatic nitrogens is 3. The second-order valence-corrected chi connectivity index (χ2v) is 6.72. The molecule has 1 aromatic heterocycles. The summed E-state index contributed by atoms with van der Waals surface area (Å²) in [5.74, 6) is 1.37. The van der Waals surface area contributed by atoms with Gasteiger partial charge >= 0.3 is 0 Å². The van der Waals surface area contributed by atoms with E-state index in [0.29, 0.717) is 28.2 Å². The monoisotopic (exact) mass is 402 g/mol. The molecule has 0 bridgehead atoms. The summed E-state index contributed by atoms with van der Waals surface area (Å²) < 4.78 is 25.3. The van der Waals surface area contributed by atoms with E-state index < -0.39 is 0 Å². The molecule has 0 aliphatic rings. The second-order valence-electron chi connectivity index (χ2n) is 5.78. The Morgan fingerprint density at radius 1 is 1.11 bits per heavy atom. The number of hydrogen-bond donors (Lipinski definition) is 1. The van der Waals surface area contributed by atoms with E-state index in [-0.39, 0.29) is 17.5 Å². The number of anilines is 1. The summed E-state index contributed by atoms with van der Waals surface area (Å²) in [6, 6.07) is 11.2. The third-order valence-corrected chi connectivity index (χ3v) is 4.96. The van der Waals surface area contributed by atoms with Gasteiger partial charge in [-0.25, -0.2) is 4.39 Å². The average molecular weight is 402 g/mol. The highest BCUT2D eigenvalue weighted by molar-refractivity contribution is 7.99. The average Bonchev–Trinajstić information content (AvgIpc) is 3.07. The fourth-order valence-electron chi connectivity index (χ4n) is 2.53. The first-order valence-corrected chi connectivity index (χ1v) is 9.30. The van der Waals surface area contributed by atoms with Gasteiger partial charge in [0, 0.05) is 24.4 Å². The van der Waals surface area contributed by atoms with Crippen molar-refractivity contribution < 1.29 is 18.7 Å². The first-order valence-electron chi connectivity index (χ1n) is 8.32. The Labute approximate surface area is 165 Å². The Kier molecular flexibility index (Phi) is 6.15. The van der Waals surface area contributed by atoms with Crippen LogP contribution in [0.1, 0.15) is 0 Å². The van der Waals surface area contributed by atoms with Gasteiger partial charge in [-0.3, -0.25) is 4.79 Å². The van der Waals surface area contributed by atoms with Crippen LogP contribution in [0.4, 0.5) is 10.1 Å². The summed E-state index contributed by atoms with van der Waals surface area (Å²) in [6.45, 7) is 0. The van der Waals surface area contributed by atoms with Crippen molar-refractivity contribution in [2.75, 3.05) is 25.3 Å². The van der Waals surface area contributed by atoms with Gasteiger partial charge in [-0.15, -0.1) is 10.2 Å². The van der Waals surface area contributed by atoms with E-state index in [4.69, 9.17) is 9.47 Å². The lowest BCUT2D eigenvalue weighted by atomic mass is 10.2. The summed E-state index contributed by atoms with van der Waals surface area (Å²) in [7, 11) is 4.88. The highest BCUT2D eigenvalue weighted by atomic mass is 32.2. The number of rotatable bonds is 7. The molecule has 0 unspecified atom stereocenters. The van der Waals surface area contributed by atoms with Crippen LogP contribution < -0.4 is 14.8 Å². The minimum Gasteiger partial charge on any atom is -0.493 e. The van der Waals surface area contributed by atoms with E-state index in [9.17, 15) is 9.18 Å². The quantitative estimate of drug-likeness (QED) is 0.611. The molecule has 146 valence electrons. The highest BCUT2D eigenvalue weighted by Crippen LogP contribution is 2.30. The molecule has 3 aromatic rings. The van der Waals surface area contributed by atoms with Crippen LogP contribution in [0.15, 0.2) is 47.6 Å². The van der Waals surface area contributed by atoms with Crippen molar-refractivity contribution in [1.82, 2.24) is 14.8 Å². The minimum absolute atomic E-state index is 0.156. The first kappa shape index (κ1) is 19.7. The van der Waals surface area contributed by atoms with Gasteiger partial charge < -0.3 is 19.4 Å². The van der Waals surface area contributed by atoms with Crippen molar-refractivity contribution in [2.24, 2.45) is 7.05 Å². The molecule has 1 amide bonds. The number of carbonyl (C=O) groups excluding carboxylic acids is 1. The molecule has 0 radical (unpaired) electrons. The molecule has 0 saturated carbocycles. The molecular weight excluding hydrogens is 383 g/mol. The van der Waals surface area contributed by atoms with Crippen LogP contribution in [-0.4, -0.2) is 40.6 Å². The molecule has 7 nitrogen and oxygen atoms in total. The number of nitrogens with one attached hydrogen (secondary N) is 1. The van der Waals surface area contributed by atoms with Gasteiger partial charge in [0.25, 0.3) is 0 Å². The summed E-state index contributed by atoms with van der Waals surface area (Å²) in [4.78, 5) is 12.3. The van der Waals surface area contributed by atoms with Crippen LogP contribution in [0.2, 0.25) is 0 Å². The Morgan fingerprint density at radius 2 is 1.82 bits per heavy atom. The standard InChI is InChI=1S/C19H19FN4O3S/c1-24-18(12-4-6-13(20)7-5-12)22-23-19(24)28-11-17(25)21-14-8-9-15(26-2)16(10-14)27-3/h4-10H,11H2,1-3H3,(H,21,25). The molecule has 0 saturated heterocycles. The largest absolute Gasteiger partial charge is 0.493 e. The lowest BCUT2D eigenvalue weighted by Gasteiger charge is -2.10. The van der Waals surface area contributed by atoms with Crippen molar-refractivity contribution in [2.45, 2.75) is 5.16 Å². The topological polar surface area (TPSA) is 78.3 Å². The maximum absolute atomic E-state index is 13.1. The van der Waals surface area contributed by atoms with Crippen LogP contribution in [0.5, 0.6) is 11.5 Å². The molecule has 1 N–H and O–H groups in total. The van der Waals surface area contributed by atoms with Crippen molar-refractivity contribution in [3.63, 3.8) is 0 Å². The molecule has 0 fully saturated rings. The number of amides is 1. The molecule has 3 rings (SSSR count). The number of halogens is 1. The first-order chi connectivity index (χ1) is 13.5. The maximum Gasteiger partial charge on any atom is 0.234 e. The van der Waals surface area contributed by atoms with E-state index in [1.165, 1.54) is 31.0 Å². The summed E-state index contributed by atoms with van der Waals surface area (Å²) in [5.41, 5.74) is 1.35. The van der Waals surface area contributed by atoms with Gasteiger partial charge in [0.15, 0.2) is 22.5 Å². The van der Waals surface area contributed by atoms with Crippen molar-refractivity contribution in [3.05, 3.63) is 48.3 Å². The number of nitrogens with zero attached hydrogens (tertiary/aromatic N) is 3. The molecule has 2 aromatic carbocycles. The predicted molar refractivity (Wildman–Crippen MR) is 105 cm³/mol. The Balaban J connectivity index is 1.63. The van der Waals surface area contributed by atoms with E-state index >= 15 is 0 Å². The molecule has 9 heteroatoms. The van der Waals surface area contributed by atoms with E-state index in [2.05, 4.69) is 15.5 Å². The van der Waals surface area contributed by atoms with Crippen molar-refractivity contribution >= 4 is 23.4 Å². The summed E-state index contributed by atoms with van der Waals surface area (Å²) >= 11 is 1.26. The number of hydrogen-bond acceptors (Lipinski definition) is 6. The van der Waals surface area contributed by atoms with Crippen LogP contribution in [0, 0.1) is 5.82 Å². The molecule has 0 spiro atoms. The molecule has 28 heavy (non-hydrogen) atoms. The highest BCUT2D eigenvalue weighted by Gasteiger charge is 2.14. The zero-order chi connectivity index (χ0) is 20.1. The number of methoxy groups -OCH3 is 2. The predicted octanol–water partition coefficient (Wildman–Crippen LogP) is 3.37. The molecule has 1 heterocycles. The molecular formula is C19H19FN4O3S. The van der Waals surface area contributed by atoms with Gasteiger partial charge in [0.1, 0.15) is 5.82 Å². The smallest absolute Gasteiger partial charge is 0.234 e. The molecule has 0 aliphatic carbocycles. The van der Waals surface area contributed by atoms with Gasteiger partial charge in [0.05, 0.1) is 20.0 Å². The summed E-state index contributed by atoms with van der Waals surface area (Å²) in [6.07, 6.45) is 0. The van der Waals surface area contributed by atoms with Gasteiger partial charge in [-0.05, 0) is 36.4 Å². The zero-order valence-corrected chi connectivity index (χ0v) is 16.4. The SMILES string of the molecule is COc1ccc(NC(=O)CSc2nnc(-c3ccc(F)cc3)n2C)cc1OC. The van der Waals surface area contributed by atoms with E-state index in [0.717, 1.165) is 5.56 Å². The third kappa shape index (κ3) is 4.42. The Bertz CT molecular complexity index is 976. The number of carbonyl (C=O) groups is 1. The second kappa shape index (κ2) is 8.75. The lowest BCUT2D eigenvalue weighted by molar-refractivity contribution is -0.113. The fourth-order valence-corrected chi connectivity index (χ4v) is 3.24. The Hall–Kier alpha value is -3.07. The van der Waals surface area contributed by atoms with Gasteiger partial charge in [-0.2, -0.15) is 0 Å². The normalized spacial score (nSPS) is 10.6. The van der Waals surface area contributed by atoms with Crippen LogP contribution >= 0.6 is 11.8 Å². The van der Waals surface area contributed by atoms with Crippen LogP contribution in [0.3, 0.4) is 0 Å². The van der Waals surface area contributed by atoms with Crippen LogP contribution in [-0.2, 0) is 11.8 Å². The fraction of sp³-hybridized carbons (Fsp3) is 0.211. The van der Waals surface area contributed by atoms with Gasteiger partial charge in [-0.1, -0.05) is 11.8 Å². The minimum atomic E-state index is -0.313. The number of ether oxygens (including phenoxy) is 2. The Morgan fingerprint density at radius 3 is 2.50 bits per heavy atom. The number of thioether (sulfide) groups is 1. The third-order valence-electron chi connectivity index (χ3n) is 3.94. The summed E-state index contributed by atoms with van der Waals surface area (Å²) in [5, 5.41) is 11.6. The van der Waals surface area contributed by atoms with Crippen molar-refractivity contribution in [1.29, 1.82) is 0 Å². The molecule has 0 atom stereocenters. The van der Waals surface area contributed by atoms with E-state index in [1.54, 1.807) is 49.1 Å². The van der Waals surface area contributed by atoms with Gasteiger partial charge in [0.2, 0.25) is 5.91 Å². The zero-order valence-electron chi connectivity index (χ0n) is 15.6. The van der Waals surface area contributed by atoms with E-state index in [1.807, 2.05) is 0 Å². The number of benzene rings is 2.